The maximum absolute atomic E-state index is 11.0. The lowest BCUT2D eigenvalue weighted by molar-refractivity contribution is 0.104. The predicted molar refractivity (Wildman–Crippen MR) is 43.1 cm³/mol. The zero-order valence-electron chi connectivity index (χ0n) is 6.65. The summed E-state index contributed by atoms with van der Waals surface area (Å²) in [5, 5.41) is 0. The number of carbonyl (C=O) groups is 1. The number of rotatable bonds is 3. The summed E-state index contributed by atoms with van der Waals surface area (Å²) in [6.45, 7) is 3.34. The van der Waals surface area contributed by atoms with Gasteiger partial charge in [-0.2, -0.15) is 0 Å². The number of ether oxygens (including phenoxy) is 1. The fraction of sp³-hybridized carbons (Fsp3) is 0.125. The molecule has 0 aliphatic heterocycles. The predicted octanol–water partition coefficient (Wildman–Crippen LogP) is 0.854. The molecule has 4 nitrogen and oxygen atoms in total. The van der Waals surface area contributed by atoms with Gasteiger partial charge in [0, 0.05) is 6.07 Å². The number of allylic oxidation sites excluding steroid dienone is 1. The van der Waals surface area contributed by atoms with Gasteiger partial charge in [0.1, 0.15) is 12.0 Å². The lowest BCUT2D eigenvalue weighted by Gasteiger charge is -1.98. The van der Waals surface area contributed by atoms with E-state index in [2.05, 4.69) is 16.5 Å². The number of carbonyl (C=O) groups excluding carboxylic acids is 1. The standard InChI is InChI=1S/C8H8N2O2/c1-3-7(11)6-4-8(12-2)10-5-9-6/h3-5H,1H2,2H3. The molecule has 0 saturated heterocycles. The molecule has 1 rings (SSSR count). The highest BCUT2D eigenvalue weighted by molar-refractivity contribution is 6.02. The van der Waals surface area contributed by atoms with Crippen LogP contribution in [0.15, 0.2) is 25.0 Å². The van der Waals surface area contributed by atoms with E-state index in [1.165, 1.54) is 25.6 Å². The number of hydrogen-bond acceptors (Lipinski definition) is 4. The van der Waals surface area contributed by atoms with Gasteiger partial charge in [0.2, 0.25) is 11.7 Å². The van der Waals surface area contributed by atoms with Crippen molar-refractivity contribution in [1.29, 1.82) is 0 Å². The monoisotopic (exact) mass is 164 g/mol. The van der Waals surface area contributed by atoms with E-state index >= 15 is 0 Å². The third-order valence-corrected chi connectivity index (χ3v) is 1.29. The zero-order valence-corrected chi connectivity index (χ0v) is 6.65. The van der Waals surface area contributed by atoms with Crippen LogP contribution in [-0.4, -0.2) is 22.9 Å². The minimum absolute atomic E-state index is 0.240. The van der Waals surface area contributed by atoms with Gasteiger partial charge in [-0.1, -0.05) is 6.58 Å². The van der Waals surface area contributed by atoms with Crippen LogP contribution in [0.5, 0.6) is 5.88 Å². The van der Waals surface area contributed by atoms with Crippen molar-refractivity contribution in [2.45, 2.75) is 0 Å². The fourth-order valence-electron chi connectivity index (χ4n) is 0.690. The smallest absolute Gasteiger partial charge is 0.216 e. The summed E-state index contributed by atoms with van der Waals surface area (Å²) in [6, 6.07) is 1.46. The van der Waals surface area contributed by atoms with E-state index in [4.69, 9.17) is 4.74 Å². The van der Waals surface area contributed by atoms with Crippen molar-refractivity contribution in [2.24, 2.45) is 0 Å². The van der Waals surface area contributed by atoms with E-state index in [1.807, 2.05) is 0 Å². The molecule has 0 fully saturated rings. The molecule has 0 atom stereocenters. The molecular weight excluding hydrogens is 156 g/mol. The molecule has 0 radical (unpaired) electrons. The summed E-state index contributed by atoms with van der Waals surface area (Å²) >= 11 is 0. The molecule has 1 heterocycles. The molecule has 0 bridgehead atoms. The molecule has 0 aliphatic rings. The van der Waals surface area contributed by atoms with Crippen molar-refractivity contribution in [3.8, 4) is 5.88 Å². The molecule has 0 N–H and O–H groups in total. The minimum atomic E-state index is -0.240. The Balaban J connectivity index is 3.01. The highest BCUT2D eigenvalue weighted by atomic mass is 16.5. The molecular formula is C8H8N2O2. The SMILES string of the molecule is C=CC(=O)c1cc(OC)ncn1. The van der Waals surface area contributed by atoms with Gasteiger partial charge in [0.05, 0.1) is 7.11 Å². The average molecular weight is 164 g/mol. The van der Waals surface area contributed by atoms with Gasteiger partial charge in [-0.25, -0.2) is 9.97 Å². The average Bonchev–Trinajstić information content (AvgIpc) is 2.17. The van der Waals surface area contributed by atoms with Crippen molar-refractivity contribution in [3.05, 3.63) is 30.7 Å². The first-order valence-electron chi connectivity index (χ1n) is 3.30. The lowest BCUT2D eigenvalue weighted by atomic mass is 10.3. The van der Waals surface area contributed by atoms with Gasteiger partial charge in [-0.15, -0.1) is 0 Å². The molecule has 0 unspecified atom stereocenters. The molecule has 62 valence electrons. The first-order valence-corrected chi connectivity index (χ1v) is 3.30. The van der Waals surface area contributed by atoms with Crippen molar-refractivity contribution in [1.82, 2.24) is 9.97 Å². The third-order valence-electron chi connectivity index (χ3n) is 1.29. The van der Waals surface area contributed by atoms with Crippen LogP contribution < -0.4 is 4.74 Å². The summed E-state index contributed by atoms with van der Waals surface area (Å²) in [6.07, 6.45) is 2.47. The molecule has 0 spiro atoms. The van der Waals surface area contributed by atoms with Crippen LogP contribution in [0.3, 0.4) is 0 Å². The molecule has 0 aliphatic carbocycles. The summed E-state index contributed by atoms with van der Waals surface area (Å²) in [5.41, 5.74) is 0.289. The Morgan fingerprint density at radius 1 is 1.67 bits per heavy atom. The summed E-state index contributed by atoms with van der Waals surface area (Å²) in [5.74, 6) is 0.130. The fourth-order valence-corrected chi connectivity index (χ4v) is 0.690. The quantitative estimate of drug-likeness (QED) is 0.491. The molecule has 0 aromatic carbocycles. The third kappa shape index (κ3) is 1.66. The molecule has 4 heteroatoms. The number of nitrogens with zero attached hydrogens (tertiary/aromatic N) is 2. The molecule has 0 amide bonds. The largest absolute Gasteiger partial charge is 0.481 e. The maximum Gasteiger partial charge on any atom is 0.216 e. The number of hydrogen-bond donors (Lipinski definition) is 0. The van der Waals surface area contributed by atoms with E-state index in [-0.39, 0.29) is 11.5 Å². The van der Waals surface area contributed by atoms with E-state index in [9.17, 15) is 4.79 Å². The van der Waals surface area contributed by atoms with Gasteiger partial charge in [-0.05, 0) is 6.08 Å². The maximum atomic E-state index is 11.0. The number of ketones is 1. The van der Waals surface area contributed by atoms with Crippen LogP contribution in [0.25, 0.3) is 0 Å². The Morgan fingerprint density at radius 3 is 3.00 bits per heavy atom. The minimum Gasteiger partial charge on any atom is -0.481 e. The second kappa shape index (κ2) is 3.61. The van der Waals surface area contributed by atoms with Crippen molar-refractivity contribution >= 4 is 5.78 Å². The van der Waals surface area contributed by atoms with Crippen LogP contribution in [0.1, 0.15) is 10.5 Å². The van der Waals surface area contributed by atoms with Gasteiger partial charge < -0.3 is 4.74 Å². The van der Waals surface area contributed by atoms with Crippen LogP contribution >= 0.6 is 0 Å². The second-order valence-corrected chi connectivity index (χ2v) is 2.01. The van der Waals surface area contributed by atoms with Crippen LogP contribution in [-0.2, 0) is 0 Å². The summed E-state index contributed by atoms with van der Waals surface area (Å²) < 4.78 is 4.81. The summed E-state index contributed by atoms with van der Waals surface area (Å²) in [7, 11) is 1.48. The van der Waals surface area contributed by atoms with E-state index < -0.39 is 0 Å². The lowest BCUT2D eigenvalue weighted by Crippen LogP contribution is -1.99. The Morgan fingerprint density at radius 2 is 2.42 bits per heavy atom. The van der Waals surface area contributed by atoms with E-state index in [1.54, 1.807) is 0 Å². The van der Waals surface area contributed by atoms with Gasteiger partial charge >= 0.3 is 0 Å². The highest BCUT2D eigenvalue weighted by Gasteiger charge is 2.03. The second-order valence-electron chi connectivity index (χ2n) is 2.01. The van der Waals surface area contributed by atoms with Crippen molar-refractivity contribution in [2.75, 3.05) is 7.11 Å². The molecule has 12 heavy (non-hydrogen) atoms. The normalized spacial score (nSPS) is 9.08. The Labute approximate surface area is 69.9 Å². The molecule has 1 aromatic heterocycles. The van der Waals surface area contributed by atoms with E-state index in [0.29, 0.717) is 5.88 Å². The Hall–Kier alpha value is -1.71. The van der Waals surface area contributed by atoms with Crippen LogP contribution in [0, 0.1) is 0 Å². The van der Waals surface area contributed by atoms with Crippen LogP contribution in [0.4, 0.5) is 0 Å². The Kier molecular flexibility index (Phi) is 2.53. The van der Waals surface area contributed by atoms with Gasteiger partial charge in [0.25, 0.3) is 0 Å². The Bertz CT molecular complexity index is 310. The molecule has 1 aromatic rings. The first kappa shape index (κ1) is 8.39. The van der Waals surface area contributed by atoms with E-state index in [0.717, 1.165) is 0 Å². The topological polar surface area (TPSA) is 52.1 Å². The first-order chi connectivity index (χ1) is 5.77. The van der Waals surface area contributed by atoms with Crippen LogP contribution in [0.2, 0.25) is 0 Å². The zero-order chi connectivity index (χ0) is 8.97. The highest BCUT2D eigenvalue weighted by Crippen LogP contribution is 2.06. The molecule has 0 saturated carbocycles. The summed E-state index contributed by atoms with van der Waals surface area (Å²) in [4.78, 5) is 18.5. The van der Waals surface area contributed by atoms with Gasteiger partial charge in [-0.3, -0.25) is 4.79 Å². The van der Waals surface area contributed by atoms with Crippen molar-refractivity contribution < 1.29 is 9.53 Å². The number of aromatic nitrogens is 2. The van der Waals surface area contributed by atoms with Crippen molar-refractivity contribution in [3.63, 3.8) is 0 Å². The number of methoxy groups -OCH3 is 1. The van der Waals surface area contributed by atoms with Gasteiger partial charge in [0.15, 0.2) is 0 Å².